The molecule has 0 atom stereocenters. The zero-order valence-electron chi connectivity index (χ0n) is 13.6. The molecule has 0 N–H and O–H groups in total. The normalized spacial score (nSPS) is 11.2. The van der Waals surface area contributed by atoms with Crippen LogP contribution in [0.4, 0.5) is 0 Å². The Balaban J connectivity index is 1.89. The fraction of sp³-hybridized carbons (Fsp3) is 0.692. The minimum Gasteiger partial charge on any atom is -0.377 e. The predicted octanol–water partition coefficient (Wildman–Crippen LogP) is 1.40. The summed E-state index contributed by atoms with van der Waals surface area (Å²) in [4.78, 5) is 0. The third-order valence-corrected chi connectivity index (χ3v) is 3.13. The first kappa shape index (κ1) is 19.6. The van der Waals surface area contributed by atoms with Crippen molar-refractivity contribution < 1.29 is 14.2 Å². The van der Waals surface area contributed by atoms with Gasteiger partial charge < -0.3 is 14.2 Å². The average Bonchev–Trinajstić information content (AvgIpc) is 3.03. The van der Waals surface area contributed by atoms with Gasteiger partial charge in [-0.1, -0.05) is 17.0 Å². The molecule has 10 heteroatoms. The highest BCUT2D eigenvalue weighted by Crippen LogP contribution is 2.01. The molecule has 1 heterocycles. The lowest BCUT2D eigenvalue weighted by Crippen LogP contribution is -2.17. The molecule has 0 bridgehead atoms. The molecule has 23 heavy (non-hydrogen) atoms. The maximum atomic E-state index is 5.45. The lowest BCUT2D eigenvalue weighted by atomic mass is 10.5. The van der Waals surface area contributed by atoms with Crippen LogP contribution in [0.1, 0.15) is 5.69 Å². The van der Waals surface area contributed by atoms with E-state index >= 15 is 0 Å². The Bertz CT molecular complexity index is 457. The van der Waals surface area contributed by atoms with Gasteiger partial charge in [0.1, 0.15) is 5.69 Å². The molecule has 0 aliphatic heterocycles. The van der Waals surface area contributed by atoms with Crippen LogP contribution in [0, 0.1) is 0 Å². The Kier molecular flexibility index (Phi) is 11.0. The molecule has 9 nitrogen and oxygen atoms in total. The van der Waals surface area contributed by atoms with Gasteiger partial charge in [-0.25, -0.2) is 0 Å². The van der Waals surface area contributed by atoms with Gasteiger partial charge in [0.15, 0.2) is 0 Å². The summed E-state index contributed by atoms with van der Waals surface area (Å²) >= 11 is 1.48. The molecule has 1 aromatic heterocycles. The van der Waals surface area contributed by atoms with Crippen molar-refractivity contribution in [1.82, 2.24) is 19.4 Å². The van der Waals surface area contributed by atoms with Gasteiger partial charge in [0.25, 0.3) is 0 Å². The van der Waals surface area contributed by atoms with Crippen molar-refractivity contribution in [3.05, 3.63) is 24.7 Å². The summed E-state index contributed by atoms with van der Waals surface area (Å²) in [5.41, 5.74) is 0.804. The SMILES string of the molecule is C=CN(CCOCCOCCOCc1cn(SC)nn1)N=NC. The molecular weight excluding hydrogens is 320 g/mol. The van der Waals surface area contributed by atoms with E-state index in [9.17, 15) is 0 Å². The van der Waals surface area contributed by atoms with Gasteiger partial charge in [0.2, 0.25) is 0 Å². The summed E-state index contributed by atoms with van der Waals surface area (Å²) in [7, 11) is 1.61. The van der Waals surface area contributed by atoms with E-state index in [1.165, 1.54) is 11.9 Å². The number of hydrogen-bond donors (Lipinski definition) is 0. The monoisotopic (exact) mass is 344 g/mol. The predicted molar refractivity (Wildman–Crippen MR) is 87.9 cm³/mol. The topological polar surface area (TPSA) is 86.4 Å². The fourth-order valence-electron chi connectivity index (χ4n) is 1.50. The van der Waals surface area contributed by atoms with E-state index in [2.05, 4.69) is 27.2 Å². The summed E-state index contributed by atoms with van der Waals surface area (Å²) in [5, 5.41) is 17.0. The number of aromatic nitrogens is 3. The molecule has 0 aliphatic carbocycles. The molecule has 0 aromatic carbocycles. The molecule has 0 unspecified atom stereocenters. The molecule has 0 spiro atoms. The van der Waals surface area contributed by atoms with E-state index in [0.29, 0.717) is 46.2 Å². The Hall–Kier alpha value is -1.49. The minimum atomic E-state index is 0.434. The van der Waals surface area contributed by atoms with Crippen molar-refractivity contribution in [3.8, 4) is 0 Å². The smallest absolute Gasteiger partial charge is 0.109 e. The first-order valence-electron chi connectivity index (χ1n) is 7.18. The second-order valence-corrected chi connectivity index (χ2v) is 4.95. The highest BCUT2D eigenvalue weighted by Gasteiger charge is 2.00. The lowest BCUT2D eigenvalue weighted by Gasteiger charge is -2.11. The van der Waals surface area contributed by atoms with Crippen molar-refractivity contribution in [2.45, 2.75) is 6.61 Å². The van der Waals surface area contributed by atoms with Crippen LogP contribution < -0.4 is 0 Å². The van der Waals surface area contributed by atoms with Crippen LogP contribution in [0.3, 0.4) is 0 Å². The highest BCUT2D eigenvalue weighted by molar-refractivity contribution is 7.97. The fourth-order valence-corrected chi connectivity index (χ4v) is 1.83. The molecular formula is C13H24N6O3S. The standard InChI is InChI=1S/C13H24N6O3S/c1-4-18(16-14-2)5-6-20-7-8-21-9-10-22-12-13-11-19(23-3)17-15-13/h4,11H,1,5-10,12H2,2-3H3. The minimum absolute atomic E-state index is 0.434. The molecule has 0 amide bonds. The maximum Gasteiger partial charge on any atom is 0.109 e. The summed E-state index contributed by atoms with van der Waals surface area (Å²) in [6.07, 6.45) is 5.37. The Morgan fingerprint density at radius 1 is 1.26 bits per heavy atom. The number of rotatable bonds is 14. The number of hydrogen-bond acceptors (Lipinski definition) is 8. The zero-order chi connectivity index (χ0) is 16.8. The molecule has 130 valence electrons. The van der Waals surface area contributed by atoms with Crippen molar-refractivity contribution in [2.24, 2.45) is 10.3 Å². The third-order valence-electron chi connectivity index (χ3n) is 2.58. The van der Waals surface area contributed by atoms with Gasteiger partial charge in [0.05, 0.1) is 59.4 Å². The number of ether oxygens (including phenoxy) is 3. The summed E-state index contributed by atoms with van der Waals surface area (Å²) < 4.78 is 18.0. The Labute approximate surface area is 140 Å². The van der Waals surface area contributed by atoms with E-state index in [1.54, 1.807) is 22.3 Å². The van der Waals surface area contributed by atoms with E-state index in [1.807, 2.05) is 12.5 Å². The van der Waals surface area contributed by atoms with E-state index < -0.39 is 0 Å². The van der Waals surface area contributed by atoms with Crippen LogP contribution in [0.25, 0.3) is 0 Å². The van der Waals surface area contributed by atoms with Crippen LogP contribution in [0.15, 0.2) is 29.3 Å². The van der Waals surface area contributed by atoms with Crippen molar-refractivity contribution >= 4 is 11.9 Å². The van der Waals surface area contributed by atoms with Gasteiger partial charge in [0, 0.05) is 12.5 Å². The highest BCUT2D eigenvalue weighted by atomic mass is 32.2. The average molecular weight is 344 g/mol. The molecule has 1 rings (SSSR count). The zero-order valence-corrected chi connectivity index (χ0v) is 14.4. The van der Waals surface area contributed by atoms with Gasteiger partial charge in [-0.15, -0.1) is 5.10 Å². The largest absolute Gasteiger partial charge is 0.377 e. The van der Waals surface area contributed by atoms with Crippen LogP contribution in [-0.4, -0.2) is 72.3 Å². The first-order valence-corrected chi connectivity index (χ1v) is 8.36. The van der Waals surface area contributed by atoms with Crippen molar-refractivity contribution in [1.29, 1.82) is 0 Å². The first-order chi connectivity index (χ1) is 11.3. The molecule has 0 radical (unpaired) electrons. The van der Waals surface area contributed by atoms with E-state index in [4.69, 9.17) is 14.2 Å². The second-order valence-electron chi connectivity index (χ2n) is 4.21. The van der Waals surface area contributed by atoms with Crippen LogP contribution >= 0.6 is 11.9 Å². The van der Waals surface area contributed by atoms with Gasteiger partial charge in [-0.2, -0.15) is 9.20 Å². The third kappa shape index (κ3) is 9.29. The van der Waals surface area contributed by atoms with Crippen LogP contribution in [0.5, 0.6) is 0 Å². The van der Waals surface area contributed by atoms with Gasteiger partial charge >= 0.3 is 0 Å². The molecule has 0 fully saturated rings. The van der Waals surface area contributed by atoms with Gasteiger partial charge in [-0.3, -0.25) is 5.01 Å². The lowest BCUT2D eigenvalue weighted by molar-refractivity contribution is 0.00792. The van der Waals surface area contributed by atoms with Crippen LogP contribution in [0.2, 0.25) is 0 Å². The summed E-state index contributed by atoms with van der Waals surface area (Å²) in [6, 6.07) is 0. The van der Waals surface area contributed by atoms with Crippen molar-refractivity contribution in [3.63, 3.8) is 0 Å². The van der Waals surface area contributed by atoms with Crippen molar-refractivity contribution in [2.75, 3.05) is 52.9 Å². The summed E-state index contributed by atoms with van der Waals surface area (Å²) in [6.45, 7) is 7.29. The second kappa shape index (κ2) is 13.0. The van der Waals surface area contributed by atoms with E-state index in [-0.39, 0.29) is 0 Å². The summed E-state index contributed by atoms with van der Waals surface area (Å²) in [5.74, 6) is 0. The quantitative estimate of drug-likeness (QED) is 0.286. The molecule has 0 aliphatic rings. The Morgan fingerprint density at radius 3 is 2.57 bits per heavy atom. The number of nitrogens with zero attached hydrogens (tertiary/aromatic N) is 6. The van der Waals surface area contributed by atoms with Crippen LogP contribution in [-0.2, 0) is 20.8 Å². The molecule has 1 aromatic rings. The molecule has 0 saturated carbocycles. The van der Waals surface area contributed by atoms with Gasteiger partial charge in [-0.05, 0) is 11.9 Å². The Morgan fingerprint density at radius 2 is 1.96 bits per heavy atom. The van der Waals surface area contributed by atoms with E-state index in [0.717, 1.165) is 5.69 Å². The molecule has 0 saturated heterocycles. The maximum absolute atomic E-state index is 5.45.